The summed E-state index contributed by atoms with van der Waals surface area (Å²) in [5.74, 6) is -4.83. The average molecular weight is 464 g/mol. The average Bonchev–Trinajstić information content (AvgIpc) is 3.12. The molecule has 1 aromatic heterocycles. The highest BCUT2D eigenvalue weighted by Gasteiger charge is 2.40. The van der Waals surface area contributed by atoms with Gasteiger partial charge in [-0.2, -0.15) is 10.1 Å². The molecule has 1 N–H and O–H groups in total. The summed E-state index contributed by atoms with van der Waals surface area (Å²) in [5.41, 5.74) is 2.25. The van der Waals surface area contributed by atoms with E-state index in [0.29, 0.717) is 17.1 Å². The molecule has 0 fully saturated rings. The smallest absolute Gasteiger partial charge is 0.270 e. The lowest BCUT2D eigenvalue weighted by Gasteiger charge is -2.17. The third kappa shape index (κ3) is 4.50. The molecule has 1 aliphatic rings. The van der Waals surface area contributed by atoms with E-state index < -0.39 is 23.7 Å². The van der Waals surface area contributed by atoms with Gasteiger partial charge in [0.1, 0.15) is 5.75 Å². The number of hydrogen-bond donors (Lipinski definition) is 1. The number of methoxy groups -OCH3 is 1. The van der Waals surface area contributed by atoms with Crippen LogP contribution in [0.15, 0.2) is 72.1 Å². The van der Waals surface area contributed by atoms with Crippen LogP contribution >= 0.6 is 0 Å². The van der Waals surface area contributed by atoms with Gasteiger partial charge in [-0.3, -0.25) is 14.6 Å². The minimum absolute atomic E-state index is 0.174. The molecule has 4 rings (SSSR count). The number of carbonyl (C=O) groups is 2. The number of alkyl halides is 2. The number of anilines is 2. The van der Waals surface area contributed by atoms with E-state index in [1.165, 1.54) is 29.3 Å². The monoisotopic (exact) mass is 464 g/mol. The first kappa shape index (κ1) is 23.0. The summed E-state index contributed by atoms with van der Waals surface area (Å²) < 4.78 is 32.7. The van der Waals surface area contributed by atoms with Gasteiger partial charge in [0, 0.05) is 36.1 Å². The van der Waals surface area contributed by atoms with E-state index in [1.807, 2.05) is 12.1 Å². The highest BCUT2D eigenvalue weighted by molar-refractivity contribution is 6.28. The van der Waals surface area contributed by atoms with E-state index in [9.17, 15) is 18.4 Å². The fraction of sp³-hybridized carbons (Fsp3) is 0.200. The van der Waals surface area contributed by atoms with Gasteiger partial charge in [-0.1, -0.05) is 12.1 Å². The standard InChI is InChI=1S/C25H22F2N4O3/c1-15-22(23(32)29-18-6-4-5-17(13-18)25(2,26)27)24(33)31(30-15)19-7-8-21(34-3)20(14-19)16-9-11-28-12-10-16/h4-14,22H,1-3H3,(H,29,32). The molecule has 0 spiro atoms. The van der Waals surface area contributed by atoms with Crippen LogP contribution in [-0.2, 0) is 15.5 Å². The Balaban J connectivity index is 1.59. The number of aromatic nitrogens is 1. The molecule has 1 unspecified atom stereocenters. The van der Waals surface area contributed by atoms with Crippen molar-refractivity contribution in [1.82, 2.24) is 4.98 Å². The molecule has 7 nitrogen and oxygen atoms in total. The maximum Gasteiger partial charge on any atom is 0.270 e. The molecule has 1 aliphatic heterocycles. The molecule has 0 radical (unpaired) electrons. The van der Waals surface area contributed by atoms with Crippen molar-refractivity contribution in [1.29, 1.82) is 0 Å². The molecule has 0 aliphatic carbocycles. The SMILES string of the molecule is COc1ccc(N2N=C(C)C(C(=O)Nc3cccc(C(C)(F)F)c3)C2=O)cc1-c1ccncc1. The van der Waals surface area contributed by atoms with Crippen molar-refractivity contribution < 1.29 is 23.1 Å². The number of hydrogen-bond acceptors (Lipinski definition) is 5. The first-order valence-corrected chi connectivity index (χ1v) is 10.5. The summed E-state index contributed by atoms with van der Waals surface area (Å²) in [5, 5.41) is 8.02. The van der Waals surface area contributed by atoms with Gasteiger partial charge in [0.25, 0.3) is 11.8 Å². The second-order valence-electron chi connectivity index (χ2n) is 7.90. The van der Waals surface area contributed by atoms with Gasteiger partial charge >= 0.3 is 0 Å². The molecule has 1 atom stereocenters. The van der Waals surface area contributed by atoms with E-state index in [4.69, 9.17) is 4.74 Å². The molecule has 174 valence electrons. The number of carbonyl (C=O) groups excluding carboxylic acids is 2. The van der Waals surface area contributed by atoms with Gasteiger partial charge in [-0.15, -0.1) is 0 Å². The van der Waals surface area contributed by atoms with Crippen LogP contribution in [0, 0.1) is 5.92 Å². The number of ether oxygens (including phenoxy) is 1. The highest BCUT2D eigenvalue weighted by Crippen LogP contribution is 2.35. The number of amides is 2. The molecular formula is C25H22F2N4O3. The maximum atomic E-state index is 13.6. The molecule has 0 saturated carbocycles. The summed E-state index contributed by atoms with van der Waals surface area (Å²) in [7, 11) is 1.55. The van der Waals surface area contributed by atoms with Gasteiger partial charge in [-0.05, 0) is 55.0 Å². The molecule has 2 aromatic carbocycles. The van der Waals surface area contributed by atoms with Gasteiger partial charge in [0.15, 0.2) is 5.92 Å². The second-order valence-corrected chi connectivity index (χ2v) is 7.90. The van der Waals surface area contributed by atoms with Gasteiger partial charge in [0.05, 0.1) is 18.5 Å². The molecule has 9 heteroatoms. The minimum Gasteiger partial charge on any atom is -0.496 e. The molecular weight excluding hydrogens is 442 g/mol. The number of halogens is 2. The Morgan fingerprint density at radius 3 is 2.53 bits per heavy atom. The van der Waals surface area contributed by atoms with Crippen LogP contribution in [0.2, 0.25) is 0 Å². The summed E-state index contributed by atoms with van der Waals surface area (Å²) in [6.07, 6.45) is 3.29. The van der Waals surface area contributed by atoms with Crippen molar-refractivity contribution in [2.24, 2.45) is 11.0 Å². The normalized spacial score (nSPS) is 15.8. The predicted molar refractivity (Wildman–Crippen MR) is 125 cm³/mol. The summed E-state index contributed by atoms with van der Waals surface area (Å²) in [6, 6.07) is 14.1. The van der Waals surface area contributed by atoms with Gasteiger partial charge in [0.2, 0.25) is 5.91 Å². The summed E-state index contributed by atoms with van der Waals surface area (Å²) in [4.78, 5) is 30.1. The Kier molecular flexibility index (Phi) is 6.10. The molecule has 0 saturated heterocycles. The topological polar surface area (TPSA) is 83.9 Å². The fourth-order valence-electron chi connectivity index (χ4n) is 3.72. The number of hydrazone groups is 1. The van der Waals surface area contributed by atoms with Crippen molar-refractivity contribution in [2.45, 2.75) is 19.8 Å². The van der Waals surface area contributed by atoms with Crippen LogP contribution in [0.5, 0.6) is 5.75 Å². The molecule has 2 heterocycles. The fourth-order valence-corrected chi connectivity index (χ4v) is 3.72. The Hall–Kier alpha value is -4.14. The van der Waals surface area contributed by atoms with E-state index in [1.54, 1.807) is 44.6 Å². The Morgan fingerprint density at radius 1 is 1.12 bits per heavy atom. The van der Waals surface area contributed by atoms with Gasteiger partial charge in [-0.25, -0.2) is 8.78 Å². The first-order valence-electron chi connectivity index (χ1n) is 10.5. The van der Waals surface area contributed by atoms with E-state index in [0.717, 1.165) is 18.1 Å². The Labute approximate surface area is 195 Å². The Morgan fingerprint density at radius 2 is 1.85 bits per heavy atom. The summed E-state index contributed by atoms with van der Waals surface area (Å²) in [6.45, 7) is 2.35. The van der Waals surface area contributed by atoms with Crippen LogP contribution in [0.3, 0.4) is 0 Å². The van der Waals surface area contributed by atoms with Crippen molar-refractivity contribution >= 4 is 28.9 Å². The van der Waals surface area contributed by atoms with Crippen LogP contribution < -0.4 is 15.1 Å². The van der Waals surface area contributed by atoms with Crippen LogP contribution in [0.25, 0.3) is 11.1 Å². The number of nitrogens with zero attached hydrogens (tertiary/aromatic N) is 3. The second kappa shape index (κ2) is 9.01. The van der Waals surface area contributed by atoms with E-state index in [-0.39, 0.29) is 11.3 Å². The zero-order valence-electron chi connectivity index (χ0n) is 18.8. The quantitative estimate of drug-likeness (QED) is 0.529. The molecule has 3 aromatic rings. The third-order valence-corrected chi connectivity index (χ3v) is 5.45. The van der Waals surface area contributed by atoms with E-state index in [2.05, 4.69) is 15.4 Å². The van der Waals surface area contributed by atoms with Crippen LogP contribution in [0.4, 0.5) is 20.2 Å². The van der Waals surface area contributed by atoms with Crippen LogP contribution in [0.1, 0.15) is 19.4 Å². The molecule has 34 heavy (non-hydrogen) atoms. The van der Waals surface area contributed by atoms with E-state index >= 15 is 0 Å². The lowest BCUT2D eigenvalue weighted by atomic mass is 10.0. The number of pyridine rings is 1. The maximum absolute atomic E-state index is 13.6. The lowest BCUT2D eigenvalue weighted by Crippen LogP contribution is -2.36. The van der Waals surface area contributed by atoms with Crippen LogP contribution in [-0.4, -0.2) is 29.6 Å². The predicted octanol–water partition coefficient (Wildman–Crippen LogP) is 4.85. The van der Waals surface area contributed by atoms with Crippen molar-refractivity contribution in [3.63, 3.8) is 0 Å². The number of nitrogens with one attached hydrogen (secondary N) is 1. The van der Waals surface area contributed by atoms with Crippen molar-refractivity contribution in [2.75, 3.05) is 17.4 Å². The molecule has 2 amide bonds. The van der Waals surface area contributed by atoms with Gasteiger partial charge < -0.3 is 10.1 Å². The van der Waals surface area contributed by atoms with Crippen molar-refractivity contribution in [3.05, 3.63) is 72.6 Å². The van der Waals surface area contributed by atoms with Crippen molar-refractivity contribution in [3.8, 4) is 16.9 Å². The summed E-state index contributed by atoms with van der Waals surface area (Å²) >= 11 is 0. The lowest BCUT2D eigenvalue weighted by molar-refractivity contribution is -0.127. The highest BCUT2D eigenvalue weighted by atomic mass is 19.3. The minimum atomic E-state index is -3.06. The molecule has 0 bridgehead atoms. The largest absolute Gasteiger partial charge is 0.496 e. The Bertz CT molecular complexity index is 1270. The zero-order valence-corrected chi connectivity index (χ0v) is 18.8. The first-order chi connectivity index (χ1) is 16.2. The zero-order chi connectivity index (χ0) is 24.5. The third-order valence-electron chi connectivity index (χ3n) is 5.45. The number of rotatable bonds is 6. The number of benzene rings is 2.